The molecule has 1 aliphatic rings. The lowest BCUT2D eigenvalue weighted by molar-refractivity contribution is -0.130. The number of nitrogens with zero attached hydrogens (tertiary/aromatic N) is 2. The second kappa shape index (κ2) is 3.05. The van der Waals surface area contributed by atoms with Crippen LogP contribution in [-0.2, 0) is 4.79 Å². The first-order chi connectivity index (χ1) is 5.55. The van der Waals surface area contributed by atoms with Crippen LogP contribution in [-0.4, -0.2) is 29.8 Å². The minimum atomic E-state index is -2.76. The average molecular weight is 174 g/mol. The Labute approximate surface area is 68.6 Å². The van der Waals surface area contributed by atoms with Crippen molar-refractivity contribution < 1.29 is 13.6 Å². The second-order valence-electron chi connectivity index (χ2n) is 2.76. The van der Waals surface area contributed by atoms with E-state index >= 15 is 0 Å². The van der Waals surface area contributed by atoms with Crippen molar-refractivity contribution in [2.24, 2.45) is 0 Å². The van der Waals surface area contributed by atoms with E-state index in [9.17, 15) is 13.6 Å². The van der Waals surface area contributed by atoms with Crippen molar-refractivity contribution in [3.05, 3.63) is 0 Å². The van der Waals surface area contributed by atoms with Gasteiger partial charge in [0, 0.05) is 13.0 Å². The minimum Gasteiger partial charge on any atom is -0.336 e. The zero-order valence-electron chi connectivity index (χ0n) is 6.39. The van der Waals surface area contributed by atoms with Crippen molar-refractivity contribution >= 4 is 5.91 Å². The van der Waals surface area contributed by atoms with Crippen LogP contribution in [0.4, 0.5) is 8.78 Å². The van der Waals surface area contributed by atoms with Crippen LogP contribution in [0, 0.1) is 11.3 Å². The maximum absolute atomic E-state index is 12.5. The highest BCUT2D eigenvalue weighted by atomic mass is 19.3. The first-order valence-electron chi connectivity index (χ1n) is 3.58. The molecule has 66 valence electrons. The average Bonchev–Trinajstić information content (AvgIpc) is 2.31. The molecule has 0 saturated carbocycles. The largest absolute Gasteiger partial charge is 0.336 e. The Hall–Kier alpha value is -1.18. The molecule has 0 spiro atoms. The maximum atomic E-state index is 12.5. The lowest BCUT2D eigenvalue weighted by atomic mass is 10.3. The molecule has 1 aliphatic heterocycles. The van der Waals surface area contributed by atoms with Gasteiger partial charge in [-0.3, -0.25) is 4.79 Å². The molecule has 0 aromatic carbocycles. The molecule has 0 aliphatic carbocycles. The number of rotatable bonds is 1. The van der Waals surface area contributed by atoms with Crippen molar-refractivity contribution in [2.45, 2.75) is 18.8 Å². The van der Waals surface area contributed by atoms with E-state index in [2.05, 4.69) is 0 Å². The van der Waals surface area contributed by atoms with Gasteiger partial charge in [0.05, 0.1) is 12.6 Å². The molecule has 1 rings (SSSR count). The van der Waals surface area contributed by atoms with Crippen LogP contribution < -0.4 is 0 Å². The minimum absolute atomic E-state index is 0.0630. The molecule has 0 unspecified atom stereocenters. The van der Waals surface area contributed by atoms with E-state index < -0.39 is 18.4 Å². The number of hydrogen-bond acceptors (Lipinski definition) is 2. The second-order valence-corrected chi connectivity index (χ2v) is 2.76. The molecule has 1 fully saturated rings. The van der Waals surface area contributed by atoms with Crippen LogP contribution in [0.15, 0.2) is 0 Å². The zero-order valence-corrected chi connectivity index (χ0v) is 6.39. The topological polar surface area (TPSA) is 44.1 Å². The Balaban J connectivity index is 2.48. The molecular weight excluding hydrogens is 166 g/mol. The smallest absolute Gasteiger partial charge is 0.267 e. The molecule has 12 heavy (non-hydrogen) atoms. The first kappa shape index (κ1) is 8.91. The zero-order chi connectivity index (χ0) is 9.19. The van der Waals surface area contributed by atoms with Crippen molar-refractivity contribution in [3.8, 4) is 6.07 Å². The predicted molar refractivity (Wildman–Crippen MR) is 36.4 cm³/mol. The monoisotopic (exact) mass is 174 g/mol. The third-order valence-corrected chi connectivity index (χ3v) is 1.75. The van der Waals surface area contributed by atoms with Crippen molar-refractivity contribution in [1.82, 2.24) is 4.90 Å². The van der Waals surface area contributed by atoms with Gasteiger partial charge in [-0.25, -0.2) is 8.78 Å². The Morgan fingerprint density at radius 2 is 2.33 bits per heavy atom. The van der Waals surface area contributed by atoms with Gasteiger partial charge >= 0.3 is 0 Å². The van der Waals surface area contributed by atoms with E-state index in [4.69, 9.17) is 5.26 Å². The summed E-state index contributed by atoms with van der Waals surface area (Å²) in [6.07, 6.45) is -0.597. The Bertz CT molecular complexity index is 234. The number of carbonyl (C=O) groups is 1. The van der Waals surface area contributed by atoms with Gasteiger partial charge in [0.1, 0.15) is 6.42 Å². The summed E-state index contributed by atoms with van der Waals surface area (Å²) < 4.78 is 25.0. The third-order valence-electron chi connectivity index (χ3n) is 1.75. The van der Waals surface area contributed by atoms with Crippen LogP contribution >= 0.6 is 0 Å². The molecule has 0 aromatic rings. The number of likely N-dealkylation sites (tertiary alicyclic amines) is 1. The highest BCUT2D eigenvalue weighted by molar-refractivity contribution is 5.78. The molecule has 1 heterocycles. The fourth-order valence-electron chi connectivity index (χ4n) is 1.13. The lowest BCUT2D eigenvalue weighted by Gasteiger charge is -2.13. The van der Waals surface area contributed by atoms with Crippen molar-refractivity contribution in [3.63, 3.8) is 0 Å². The van der Waals surface area contributed by atoms with Crippen LogP contribution in [0.2, 0.25) is 0 Å². The maximum Gasteiger partial charge on any atom is 0.267 e. The molecule has 3 nitrogen and oxygen atoms in total. The van der Waals surface area contributed by atoms with E-state index in [1.165, 1.54) is 0 Å². The normalized spacial score (nSPS) is 20.6. The van der Waals surface area contributed by atoms with E-state index in [-0.39, 0.29) is 19.4 Å². The Morgan fingerprint density at radius 1 is 1.67 bits per heavy atom. The van der Waals surface area contributed by atoms with Crippen LogP contribution in [0.3, 0.4) is 0 Å². The van der Waals surface area contributed by atoms with Crippen LogP contribution in [0.5, 0.6) is 0 Å². The van der Waals surface area contributed by atoms with Crippen molar-refractivity contribution in [2.75, 3.05) is 13.1 Å². The summed E-state index contributed by atoms with van der Waals surface area (Å²) in [7, 11) is 0. The summed E-state index contributed by atoms with van der Waals surface area (Å²) in [5.74, 6) is -3.26. The number of carbonyl (C=O) groups excluding carboxylic acids is 1. The summed E-state index contributed by atoms with van der Waals surface area (Å²) >= 11 is 0. The van der Waals surface area contributed by atoms with E-state index in [1.807, 2.05) is 0 Å². The van der Waals surface area contributed by atoms with Crippen molar-refractivity contribution in [1.29, 1.82) is 5.26 Å². The molecule has 5 heteroatoms. The van der Waals surface area contributed by atoms with Gasteiger partial charge in [-0.1, -0.05) is 0 Å². The predicted octanol–water partition coefficient (Wildman–Crippen LogP) is 0.768. The van der Waals surface area contributed by atoms with Gasteiger partial charge < -0.3 is 4.90 Å². The Morgan fingerprint density at radius 3 is 2.75 bits per heavy atom. The quantitative estimate of drug-likeness (QED) is 0.589. The van der Waals surface area contributed by atoms with E-state index in [1.54, 1.807) is 6.07 Å². The first-order valence-corrected chi connectivity index (χ1v) is 3.58. The summed E-state index contributed by atoms with van der Waals surface area (Å²) in [4.78, 5) is 11.9. The van der Waals surface area contributed by atoms with Crippen LogP contribution in [0.1, 0.15) is 12.8 Å². The Kier molecular flexibility index (Phi) is 2.27. The summed E-state index contributed by atoms with van der Waals surface area (Å²) in [6.45, 7) is -0.471. The number of halogens is 2. The number of amides is 1. The van der Waals surface area contributed by atoms with Gasteiger partial charge in [-0.05, 0) is 0 Å². The molecule has 0 atom stereocenters. The lowest BCUT2D eigenvalue weighted by Crippen LogP contribution is -2.30. The summed E-state index contributed by atoms with van der Waals surface area (Å²) in [6, 6.07) is 1.64. The number of alkyl halides is 2. The fraction of sp³-hybridized carbons (Fsp3) is 0.714. The fourth-order valence-corrected chi connectivity index (χ4v) is 1.13. The molecule has 0 bridgehead atoms. The van der Waals surface area contributed by atoms with Gasteiger partial charge in [0.2, 0.25) is 5.91 Å². The molecule has 1 saturated heterocycles. The van der Waals surface area contributed by atoms with Gasteiger partial charge in [0.15, 0.2) is 0 Å². The summed E-state index contributed by atoms with van der Waals surface area (Å²) in [5, 5.41) is 8.14. The molecule has 1 amide bonds. The highest BCUT2D eigenvalue weighted by Gasteiger charge is 2.39. The number of nitriles is 1. The molecule has 0 N–H and O–H groups in total. The van der Waals surface area contributed by atoms with Crippen LogP contribution in [0.25, 0.3) is 0 Å². The SMILES string of the molecule is N#CCC(=O)N1CCC(F)(F)C1. The standard InChI is InChI=1S/C7H8F2N2O/c8-7(9)2-4-11(5-7)6(12)1-3-10/h1-2,4-5H2. The summed E-state index contributed by atoms with van der Waals surface area (Å²) in [5.41, 5.74) is 0. The van der Waals surface area contributed by atoms with E-state index in [0.29, 0.717) is 0 Å². The molecular formula is C7H8F2N2O. The van der Waals surface area contributed by atoms with E-state index in [0.717, 1.165) is 4.90 Å². The van der Waals surface area contributed by atoms with Gasteiger partial charge in [-0.2, -0.15) is 5.26 Å². The highest BCUT2D eigenvalue weighted by Crippen LogP contribution is 2.26. The number of hydrogen-bond donors (Lipinski definition) is 0. The van der Waals surface area contributed by atoms with Gasteiger partial charge in [-0.15, -0.1) is 0 Å². The molecule has 0 aromatic heterocycles. The third kappa shape index (κ3) is 1.91. The molecule has 0 radical (unpaired) electrons. The van der Waals surface area contributed by atoms with Gasteiger partial charge in [0.25, 0.3) is 5.92 Å².